The van der Waals surface area contributed by atoms with Gasteiger partial charge in [-0.2, -0.15) is 0 Å². The molecule has 0 atom stereocenters. The number of carbonyl (C=O) groups is 2. The van der Waals surface area contributed by atoms with E-state index in [1.54, 1.807) is 0 Å². The number of aromatic nitrogens is 1. The smallest absolute Gasteiger partial charge is 0.336 e. The van der Waals surface area contributed by atoms with Crippen molar-refractivity contribution in [2.45, 2.75) is 13.5 Å². The van der Waals surface area contributed by atoms with Gasteiger partial charge in [0, 0.05) is 41.1 Å². The molecule has 3 N–H and O–H groups in total. The number of amides is 1. The maximum atomic E-state index is 14.1. The van der Waals surface area contributed by atoms with Gasteiger partial charge < -0.3 is 20.1 Å². The third-order valence-electron chi connectivity index (χ3n) is 4.70. The van der Waals surface area contributed by atoms with Crippen LogP contribution in [-0.4, -0.2) is 29.0 Å². The number of aryl methyl sites for hydroxylation is 1. The van der Waals surface area contributed by atoms with Crippen LogP contribution >= 0.6 is 15.9 Å². The predicted molar refractivity (Wildman–Crippen MR) is 116 cm³/mol. The van der Waals surface area contributed by atoms with E-state index in [4.69, 9.17) is 4.74 Å². The molecule has 0 aliphatic rings. The van der Waals surface area contributed by atoms with Crippen LogP contribution in [0.15, 0.2) is 45.7 Å². The summed E-state index contributed by atoms with van der Waals surface area (Å²) in [5, 5.41) is 12.1. The molecule has 1 heterocycles. The van der Waals surface area contributed by atoms with Gasteiger partial charge in [-0.25, -0.2) is 13.6 Å². The highest BCUT2D eigenvalue weighted by Crippen LogP contribution is 2.39. The van der Waals surface area contributed by atoms with Gasteiger partial charge in [-0.05, 0) is 53.2 Å². The normalized spacial score (nSPS) is 10.7. The minimum absolute atomic E-state index is 0.0276. The zero-order valence-electron chi connectivity index (χ0n) is 16.9. The highest BCUT2D eigenvalue weighted by atomic mass is 79.9. The van der Waals surface area contributed by atoms with Crippen molar-refractivity contribution in [2.24, 2.45) is 0 Å². The molecule has 0 radical (unpaired) electrons. The molecular weight excluding hydrogens is 490 g/mol. The zero-order chi connectivity index (χ0) is 23.6. The molecule has 166 valence electrons. The van der Waals surface area contributed by atoms with E-state index in [1.807, 2.05) is 0 Å². The first-order chi connectivity index (χ1) is 15.1. The maximum absolute atomic E-state index is 14.1. The average Bonchev–Trinajstić information content (AvgIpc) is 2.75. The second-order valence-electron chi connectivity index (χ2n) is 6.77. The topological polar surface area (TPSA) is 108 Å². The lowest BCUT2D eigenvalue weighted by atomic mass is 9.95. The summed E-state index contributed by atoms with van der Waals surface area (Å²) in [6.45, 7) is 1.17. The van der Waals surface area contributed by atoms with E-state index in [1.165, 1.54) is 38.2 Å². The van der Waals surface area contributed by atoms with Crippen molar-refractivity contribution in [3.8, 4) is 16.9 Å². The molecule has 0 fully saturated rings. The number of H-pyrrole nitrogens is 1. The molecule has 3 rings (SSSR count). The Morgan fingerprint density at radius 2 is 1.91 bits per heavy atom. The second kappa shape index (κ2) is 9.31. The molecule has 7 nitrogen and oxygen atoms in total. The van der Waals surface area contributed by atoms with Crippen molar-refractivity contribution in [3.63, 3.8) is 0 Å². The fraction of sp³-hybridized carbons (Fsp3) is 0.136. The minimum atomic E-state index is -1.26. The summed E-state index contributed by atoms with van der Waals surface area (Å²) in [4.78, 5) is 38.9. The number of carboxylic acids is 1. The standard InChI is InChI=1S/C22H17BrF2N2O5/c1-10-17(15-7-11(20(28)26-2)4-6-14(15)22(30)31)19(18(23)21(29)27-10)32-9-12-3-5-13(24)8-16(12)25/h3-8H,9H2,1-2H3,(H,26,28)(H,27,29)(H,30,31). The number of nitrogens with one attached hydrogen (secondary N) is 2. The third kappa shape index (κ3) is 4.54. The highest BCUT2D eigenvalue weighted by molar-refractivity contribution is 9.10. The van der Waals surface area contributed by atoms with Crippen molar-refractivity contribution in [1.29, 1.82) is 0 Å². The van der Waals surface area contributed by atoms with E-state index in [-0.39, 0.29) is 50.3 Å². The molecule has 32 heavy (non-hydrogen) atoms. The van der Waals surface area contributed by atoms with Gasteiger partial charge in [0.2, 0.25) is 0 Å². The number of aromatic carboxylic acids is 1. The Labute approximate surface area is 189 Å². The van der Waals surface area contributed by atoms with E-state index in [0.29, 0.717) is 6.07 Å². The first-order valence-electron chi connectivity index (χ1n) is 9.23. The Morgan fingerprint density at radius 1 is 1.19 bits per heavy atom. The summed E-state index contributed by atoms with van der Waals surface area (Å²) in [5.41, 5.74) is 0.0938. The predicted octanol–water partition coefficient (Wildman–Crippen LogP) is 4.03. The second-order valence-corrected chi connectivity index (χ2v) is 7.56. The summed E-state index contributed by atoms with van der Waals surface area (Å²) in [6.07, 6.45) is 0. The first kappa shape index (κ1) is 23.1. The molecule has 0 aliphatic carbocycles. The number of carboxylic acid groups (broad SMARTS) is 1. The van der Waals surface area contributed by atoms with Crippen LogP contribution in [0.1, 0.15) is 32.0 Å². The van der Waals surface area contributed by atoms with Crippen molar-refractivity contribution in [2.75, 3.05) is 7.05 Å². The van der Waals surface area contributed by atoms with Crippen LogP contribution in [0.4, 0.5) is 8.78 Å². The van der Waals surface area contributed by atoms with E-state index < -0.39 is 29.1 Å². The lowest BCUT2D eigenvalue weighted by molar-refractivity contribution is 0.0697. The number of halogens is 3. The van der Waals surface area contributed by atoms with Gasteiger partial charge in [-0.3, -0.25) is 9.59 Å². The molecule has 0 bridgehead atoms. The molecule has 1 amide bonds. The van der Waals surface area contributed by atoms with Crippen LogP contribution in [0.5, 0.6) is 5.75 Å². The lowest BCUT2D eigenvalue weighted by Gasteiger charge is -2.18. The fourth-order valence-corrected chi connectivity index (χ4v) is 3.55. The van der Waals surface area contributed by atoms with Crippen LogP contribution in [0, 0.1) is 18.6 Å². The molecule has 0 unspecified atom stereocenters. The Morgan fingerprint density at radius 3 is 2.53 bits per heavy atom. The molecule has 0 saturated carbocycles. The Hall–Kier alpha value is -3.53. The number of rotatable bonds is 6. The van der Waals surface area contributed by atoms with Gasteiger partial charge in [0.15, 0.2) is 0 Å². The van der Waals surface area contributed by atoms with Crippen LogP contribution < -0.4 is 15.6 Å². The van der Waals surface area contributed by atoms with Gasteiger partial charge in [-0.15, -0.1) is 0 Å². The minimum Gasteiger partial charge on any atom is -0.487 e. The molecule has 2 aromatic carbocycles. The number of hydrogen-bond donors (Lipinski definition) is 3. The van der Waals surface area contributed by atoms with E-state index >= 15 is 0 Å². The Balaban J connectivity index is 2.21. The monoisotopic (exact) mass is 506 g/mol. The number of pyridine rings is 1. The summed E-state index contributed by atoms with van der Waals surface area (Å²) in [7, 11) is 1.43. The Kier molecular flexibility index (Phi) is 6.73. The van der Waals surface area contributed by atoms with E-state index in [0.717, 1.165) is 6.07 Å². The lowest BCUT2D eigenvalue weighted by Crippen LogP contribution is -2.18. The van der Waals surface area contributed by atoms with Crippen LogP contribution in [-0.2, 0) is 6.61 Å². The van der Waals surface area contributed by atoms with Gasteiger partial charge in [-0.1, -0.05) is 0 Å². The van der Waals surface area contributed by atoms with Crippen LogP contribution in [0.25, 0.3) is 11.1 Å². The Bertz CT molecular complexity index is 1290. The van der Waals surface area contributed by atoms with Gasteiger partial charge >= 0.3 is 5.97 Å². The SMILES string of the molecule is CNC(=O)c1ccc(C(=O)O)c(-c2c(C)[nH]c(=O)c(Br)c2OCc2ccc(F)cc2F)c1. The summed E-state index contributed by atoms with van der Waals surface area (Å²) >= 11 is 3.14. The van der Waals surface area contributed by atoms with Crippen molar-refractivity contribution >= 4 is 27.8 Å². The molecule has 0 spiro atoms. The molecule has 10 heteroatoms. The third-order valence-corrected chi connectivity index (χ3v) is 5.42. The number of benzene rings is 2. The maximum Gasteiger partial charge on any atom is 0.336 e. The van der Waals surface area contributed by atoms with Crippen LogP contribution in [0.3, 0.4) is 0 Å². The van der Waals surface area contributed by atoms with Gasteiger partial charge in [0.1, 0.15) is 28.5 Å². The quantitative estimate of drug-likeness (QED) is 0.467. The summed E-state index contributed by atoms with van der Waals surface area (Å²) < 4.78 is 32.9. The number of ether oxygens (including phenoxy) is 1. The van der Waals surface area contributed by atoms with Gasteiger partial charge in [0.25, 0.3) is 11.5 Å². The van der Waals surface area contributed by atoms with E-state index in [9.17, 15) is 28.3 Å². The first-order valence-corrected chi connectivity index (χ1v) is 10.0. The zero-order valence-corrected chi connectivity index (χ0v) is 18.5. The number of carbonyl (C=O) groups excluding carboxylic acids is 1. The van der Waals surface area contributed by atoms with Crippen LogP contribution in [0.2, 0.25) is 0 Å². The fourth-order valence-electron chi connectivity index (χ4n) is 3.14. The summed E-state index contributed by atoms with van der Waals surface area (Å²) in [5.74, 6) is -3.35. The average molecular weight is 507 g/mol. The molecule has 3 aromatic rings. The molecule has 0 saturated heterocycles. The van der Waals surface area contributed by atoms with Crippen molar-refractivity contribution < 1.29 is 28.2 Å². The number of hydrogen-bond acceptors (Lipinski definition) is 4. The number of aromatic amines is 1. The molecule has 1 aromatic heterocycles. The van der Waals surface area contributed by atoms with E-state index in [2.05, 4.69) is 26.2 Å². The van der Waals surface area contributed by atoms with Crippen molar-refractivity contribution in [1.82, 2.24) is 10.3 Å². The molecular formula is C22H17BrF2N2O5. The van der Waals surface area contributed by atoms with Crippen molar-refractivity contribution in [3.05, 3.63) is 85.2 Å². The largest absolute Gasteiger partial charge is 0.487 e. The summed E-state index contributed by atoms with van der Waals surface area (Å²) in [6, 6.07) is 6.96. The van der Waals surface area contributed by atoms with Gasteiger partial charge in [0.05, 0.1) is 5.56 Å². The highest BCUT2D eigenvalue weighted by Gasteiger charge is 2.23. The molecule has 0 aliphatic heterocycles.